The van der Waals surface area contributed by atoms with Crippen LogP contribution in [0, 0.1) is 0 Å². The largest absolute Gasteiger partial charge is 0.481 e. The van der Waals surface area contributed by atoms with E-state index in [-0.39, 0.29) is 12.2 Å². The Morgan fingerprint density at radius 3 is 2.58 bits per heavy atom. The molecule has 0 radical (unpaired) electrons. The summed E-state index contributed by atoms with van der Waals surface area (Å²) < 4.78 is 6.35. The standard InChI is InChI=1S/C21H23NO2/c23-19-11-13-22(14-12-19)15-18-8-4-7-17-9-10-20(24-21(17)18)16-5-2-1-3-6-16/h1-10,19-20,23H,11-15H2. The van der Waals surface area contributed by atoms with Gasteiger partial charge >= 0.3 is 0 Å². The first-order valence-electron chi connectivity index (χ1n) is 8.72. The lowest BCUT2D eigenvalue weighted by Crippen LogP contribution is -2.35. The van der Waals surface area contributed by atoms with E-state index in [0.29, 0.717) is 0 Å². The molecule has 2 aliphatic rings. The van der Waals surface area contributed by atoms with Gasteiger partial charge in [0.1, 0.15) is 11.9 Å². The Morgan fingerprint density at radius 1 is 1.00 bits per heavy atom. The fraction of sp³-hybridized carbons (Fsp3) is 0.333. The maximum atomic E-state index is 9.69. The molecule has 1 N–H and O–H groups in total. The molecule has 2 aromatic carbocycles. The number of likely N-dealkylation sites (tertiary alicyclic amines) is 1. The van der Waals surface area contributed by atoms with Gasteiger partial charge in [0.15, 0.2) is 0 Å². The Labute approximate surface area is 143 Å². The average Bonchev–Trinajstić information content (AvgIpc) is 2.64. The van der Waals surface area contributed by atoms with Gasteiger partial charge in [0.25, 0.3) is 0 Å². The number of piperidine rings is 1. The van der Waals surface area contributed by atoms with Gasteiger partial charge in [0, 0.05) is 30.8 Å². The Kier molecular flexibility index (Phi) is 4.37. The number of aliphatic hydroxyl groups is 1. The van der Waals surface area contributed by atoms with Crippen molar-refractivity contribution in [3.8, 4) is 5.75 Å². The molecule has 0 aliphatic carbocycles. The highest BCUT2D eigenvalue weighted by Crippen LogP contribution is 2.36. The molecule has 1 atom stereocenters. The van der Waals surface area contributed by atoms with Gasteiger partial charge in [0.05, 0.1) is 6.10 Å². The van der Waals surface area contributed by atoms with Gasteiger partial charge in [-0.25, -0.2) is 0 Å². The van der Waals surface area contributed by atoms with Crippen LogP contribution in [0.2, 0.25) is 0 Å². The molecule has 4 rings (SSSR count). The van der Waals surface area contributed by atoms with Crippen LogP contribution in [0.15, 0.2) is 54.6 Å². The molecule has 0 aromatic heterocycles. The minimum Gasteiger partial charge on any atom is -0.481 e. The van der Waals surface area contributed by atoms with Crippen LogP contribution < -0.4 is 4.74 Å². The highest BCUT2D eigenvalue weighted by Gasteiger charge is 2.22. The number of fused-ring (bicyclic) bond motifs is 1. The van der Waals surface area contributed by atoms with Crippen molar-refractivity contribution >= 4 is 6.08 Å². The lowest BCUT2D eigenvalue weighted by atomic mass is 10.0. The number of aliphatic hydroxyl groups excluding tert-OH is 1. The summed E-state index contributed by atoms with van der Waals surface area (Å²) in [6.07, 6.45) is 5.86. The quantitative estimate of drug-likeness (QED) is 0.933. The summed E-state index contributed by atoms with van der Waals surface area (Å²) >= 11 is 0. The smallest absolute Gasteiger partial charge is 0.142 e. The van der Waals surface area contributed by atoms with Crippen molar-refractivity contribution in [3.05, 3.63) is 71.3 Å². The summed E-state index contributed by atoms with van der Waals surface area (Å²) in [6.45, 7) is 2.77. The molecule has 124 valence electrons. The van der Waals surface area contributed by atoms with Crippen molar-refractivity contribution < 1.29 is 9.84 Å². The van der Waals surface area contributed by atoms with Crippen LogP contribution in [0.5, 0.6) is 5.75 Å². The lowest BCUT2D eigenvalue weighted by Gasteiger charge is -2.31. The number of benzene rings is 2. The van der Waals surface area contributed by atoms with Crippen molar-refractivity contribution in [1.29, 1.82) is 0 Å². The average molecular weight is 321 g/mol. The van der Waals surface area contributed by atoms with E-state index in [1.54, 1.807) is 0 Å². The summed E-state index contributed by atoms with van der Waals surface area (Å²) in [5.41, 5.74) is 3.56. The monoisotopic (exact) mass is 321 g/mol. The predicted molar refractivity (Wildman–Crippen MR) is 95.8 cm³/mol. The molecule has 1 unspecified atom stereocenters. The number of hydrogen-bond acceptors (Lipinski definition) is 3. The van der Waals surface area contributed by atoms with Crippen LogP contribution in [-0.4, -0.2) is 29.2 Å². The molecule has 2 heterocycles. The maximum absolute atomic E-state index is 9.69. The van der Waals surface area contributed by atoms with Crippen LogP contribution in [0.4, 0.5) is 0 Å². The van der Waals surface area contributed by atoms with Crippen LogP contribution in [0.3, 0.4) is 0 Å². The van der Waals surface area contributed by atoms with Gasteiger partial charge < -0.3 is 9.84 Å². The summed E-state index contributed by atoms with van der Waals surface area (Å²) in [5.74, 6) is 1.000. The number of ether oxygens (including phenoxy) is 1. The molecule has 2 aromatic rings. The molecule has 0 spiro atoms. The van der Waals surface area contributed by atoms with Crippen molar-refractivity contribution in [2.75, 3.05) is 13.1 Å². The Hall–Kier alpha value is -2.10. The van der Waals surface area contributed by atoms with Gasteiger partial charge in [0.2, 0.25) is 0 Å². The van der Waals surface area contributed by atoms with Crippen LogP contribution in [-0.2, 0) is 6.54 Å². The SMILES string of the molecule is OC1CCN(Cc2cccc3c2OC(c2ccccc2)C=C3)CC1. The fourth-order valence-electron chi connectivity index (χ4n) is 3.50. The predicted octanol–water partition coefficient (Wildman–Crippen LogP) is 3.79. The first-order valence-corrected chi connectivity index (χ1v) is 8.72. The van der Waals surface area contributed by atoms with Gasteiger partial charge in [-0.2, -0.15) is 0 Å². The van der Waals surface area contributed by atoms with E-state index in [9.17, 15) is 5.11 Å². The second-order valence-electron chi connectivity index (χ2n) is 6.65. The number of nitrogens with zero attached hydrogens (tertiary/aromatic N) is 1. The van der Waals surface area contributed by atoms with Crippen molar-refractivity contribution in [2.24, 2.45) is 0 Å². The Bertz CT molecular complexity index is 718. The molecule has 2 aliphatic heterocycles. The molecule has 0 saturated carbocycles. The van der Waals surface area contributed by atoms with Crippen LogP contribution >= 0.6 is 0 Å². The van der Waals surface area contributed by atoms with E-state index in [0.717, 1.165) is 43.8 Å². The third kappa shape index (κ3) is 3.23. The number of hydrogen-bond donors (Lipinski definition) is 1. The second-order valence-corrected chi connectivity index (χ2v) is 6.65. The Morgan fingerprint density at radius 2 is 1.79 bits per heavy atom. The number of para-hydroxylation sites is 1. The van der Waals surface area contributed by atoms with E-state index in [1.165, 1.54) is 11.1 Å². The zero-order valence-electron chi connectivity index (χ0n) is 13.8. The molecular weight excluding hydrogens is 298 g/mol. The minimum atomic E-state index is -0.132. The molecule has 1 saturated heterocycles. The van der Waals surface area contributed by atoms with Crippen LogP contribution in [0.1, 0.15) is 35.6 Å². The van der Waals surface area contributed by atoms with E-state index in [4.69, 9.17) is 4.74 Å². The van der Waals surface area contributed by atoms with E-state index in [2.05, 4.69) is 47.4 Å². The second kappa shape index (κ2) is 6.80. The Balaban J connectivity index is 1.55. The maximum Gasteiger partial charge on any atom is 0.142 e. The highest BCUT2D eigenvalue weighted by molar-refractivity contribution is 5.63. The van der Waals surface area contributed by atoms with E-state index >= 15 is 0 Å². The van der Waals surface area contributed by atoms with Gasteiger partial charge in [-0.1, -0.05) is 54.6 Å². The topological polar surface area (TPSA) is 32.7 Å². The summed E-state index contributed by atoms with van der Waals surface area (Å²) in [6, 6.07) is 16.7. The first kappa shape index (κ1) is 15.4. The highest BCUT2D eigenvalue weighted by atomic mass is 16.5. The third-order valence-electron chi connectivity index (χ3n) is 4.90. The van der Waals surface area contributed by atoms with Gasteiger partial charge in [-0.05, 0) is 24.5 Å². The fourth-order valence-corrected chi connectivity index (χ4v) is 3.50. The zero-order valence-corrected chi connectivity index (χ0v) is 13.8. The summed E-state index contributed by atoms with van der Waals surface area (Å²) in [7, 11) is 0. The third-order valence-corrected chi connectivity index (χ3v) is 4.90. The molecule has 3 heteroatoms. The van der Waals surface area contributed by atoms with Gasteiger partial charge in [-0.15, -0.1) is 0 Å². The molecule has 0 bridgehead atoms. The molecule has 1 fully saturated rings. The van der Waals surface area contributed by atoms with Crippen molar-refractivity contribution in [1.82, 2.24) is 4.90 Å². The van der Waals surface area contributed by atoms with Crippen LogP contribution in [0.25, 0.3) is 6.08 Å². The normalized spacial score (nSPS) is 21.3. The van der Waals surface area contributed by atoms with Crippen molar-refractivity contribution in [2.45, 2.75) is 31.6 Å². The first-order chi connectivity index (χ1) is 11.8. The molecule has 3 nitrogen and oxygen atoms in total. The minimum absolute atomic E-state index is 0.0250. The van der Waals surface area contributed by atoms with Gasteiger partial charge in [-0.3, -0.25) is 4.90 Å². The van der Waals surface area contributed by atoms with Crippen molar-refractivity contribution in [3.63, 3.8) is 0 Å². The number of rotatable bonds is 3. The lowest BCUT2D eigenvalue weighted by molar-refractivity contribution is 0.0786. The molecule has 24 heavy (non-hydrogen) atoms. The molecule has 0 amide bonds. The van der Waals surface area contributed by atoms with E-state index < -0.39 is 0 Å². The van der Waals surface area contributed by atoms with E-state index in [1.807, 2.05) is 18.2 Å². The summed E-state index contributed by atoms with van der Waals surface area (Å²) in [5, 5.41) is 9.69. The molecular formula is C21H23NO2. The zero-order chi connectivity index (χ0) is 16.4. The summed E-state index contributed by atoms with van der Waals surface area (Å²) in [4.78, 5) is 2.40.